The van der Waals surface area contributed by atoms with E-state index in [1.807, 2.05) is 26.5 Å². The van der Waals surface area contributed by atoms with Gasteiger partial charge in [0.25, 0.3) is 0 Å². The van der Waals surface area contributed by atoms with Gasteiger partial charge >= 0.3 is 0 Å². The van der Waals surface area contributed by atoms with Gasteiger partial charge in [-0.15, -0.1) is 0 Å². The summed E-state index contributed by atoms with van der Waals surface area (Å²) in [7, 11) is 4.04. The van der Waals surface area contributed by atoms with Crippen molar-refractivity contribution in [2.75, 3.05) is 7.05 Å². The first-order chi connectivity index (χ1) is 8.72. The summed E-state index contributed by atoms with van der Waals surface area (Å²) in [5.74, 6) is 1.10. The summed E-state index contributed by atoms with van der Waals surface area (Å²) in [5, 5.41) is 3.35. The summed E-state index contributed by atoms with van der Waals surface area (Å²) in [6, 6.07) is 8.89. The fraction of sp³-hybridized carbons (Fsp3) is 0.400. The molecule has 1 unspecified atom stereocenters. The zero-order valence-electron chi connectivity index (χ0n) is 11.4. The molecule has 3 nitrogen and oxygen atoms in total. The van der Waals surface area contributed by atoms with Gasteiger partial charge in [-0.2, -0.15) is 0 Å². The number of nitrogens with one attached hydrogen (secondary N) is 1. The Kier molecular flexibility index (Phi) is 4.15. The van der Waals surface area contributed by atoms with Crippen molar-refractivity contribution in [3.05, 3.63) is 53.6 Å². The second-order valence-corrected chi connectivity index (χ2v) is 4.70. The molecule has 0 aliphatic rings. The normalized spacial score (nSPS) is 12.6. The molecule has 0 fully saturated rings. The molecule has 0 aliphatic carbocycles. The first-order valence-corrected chi connectivity index (χ1v) is 6.41. The van der Waals surface area contributed by atoms with Gasteiger partial charge in [0.1, 0.15) is 5.82 Å². The van der Waals surface area contributed by atoms with Crippen LogP contribution >= 0.6 is 0 Å². The number of hydrogen-bond acceptors (Lipinski definition) is 2. The molecule has 3 heteroatoms. The van der Waals surface area contributed by atoms with Crippen LogP contribution in [0.4, 0.5) is 0 Å². The molecule has 1 aromatic heterocycles. The molecule has 2 rings (SSSR count). The molecule has 1 N–H and O–H groups in total. The quantitative estimate of drug-likeness (QED) is 0.875. The summed E-state index contributed by atoms with van der Waals surface area (Å²) >= 11 is 0. The highest BCUT2D eigenvalue weighted by Gasteiger charge is 2.13. The topological polar surface area (TPSA) is 29.9 Å². The molecule has 96 valence electrons. The lowest BCUT2D eigenvalue weighted by Crippen LogP contribution is -2.20. The molecule has 1 aromatic carbocycles. The lowest BCUT2D eigenvalue weighted by molar-refractivity contribution is 0.504. The molecular weight excluding hydrogens is 222 g/mol. The summed E-state index contributed by atoms with van der Waals surface area (Å²) in [4.78, 5) is 4.42. The molecular formula is C15H21N3. The number of hydrogen-bond donors (Lipinski definition) is 1. The van der Waals surface area contributed by atoms with Crippen LogP contribution in [0.1, 0.15) is 29.4 Å². The maximum atomic E-state index is 4.42. The Balaban J connectivity index is 2.05. The van der Waals surface area contributed by atoms with Gasteiger partial charge in [0.2, 0.25) is 0 Å². The Morgan fingerprint density at radius 3 is 2.72 bits per heavy atom. The fourth-order valence-electron chi connectivity index (χ4n) is 2.31. The van der Waals surface area contributed by atoms with E-state index in [0.717, 1.165) is 18.7 Å². The van der Waals surface area contributed by atoms with Crippen LogP contribution in [0.5, 0.6) is 0 Å². The molecule has 0 radical (unpaired) electrons. The second kappa shape index (κ2) is 5.83. The standard InChI is InChI=1S/C15H21N3/c1-12-6-4-5-7-13(12)8-9-14(16-2)15-17-10-11-18(15)3/h4-7,10-11,14,16H,8-9H2,1-3H3. The fourth-order valence-corrected chi connectivity index (χ4v) is 2.31. The van der Waals surface area contributed by atoms with Crippen molar-refractivity contribution in [3.8, 4) is 0 Å². The van der Waals surface area contributed by atoms with E-state index in [1.54, 1.807) is 0 Å². The van der Waals surface area contributed by atoms with Crippen LogP contribution < -0.4 is 5.32 Å². The van der Waals surface area contributed by atoms with Crippen LogP contribution in [0.15, 0.2) is 36.7 Å². The number of nitrogens with zero attached hydrogens (tertiary/aromatic N) is 2. The van der Waals surface area contributed by atoms with Gasteiger partial charge in [-0.3, -0.25) is 0 Å². The predicted molar refractivity (Wildman–Crippen MR) is 74.5 cm³/mol. The van der Waals surface area contributed by atoms with E-state index in [9.17, 15) is 0 Å². The van der Waals surface area contributed by atoms with Crippen molar-refractivity contribution in [1.29, 1.82) is 0 Å². The van der Waals surface area contributed by atoms with E-state index in [0.29, 0.717) is 6.04 Å². The Bertz CT molecular complexity index is 502. The molecule has 0 aliphatic heterocycles. The van der Waals surface area contributed by atoms with Crippen LogP contribution in [0.2, 0.25) is 0 Å². The minimum absolute atomic E-state index is 0.310. The van der Waals surface area contributed by atoms with E-state index in [1.165, 1.54) is 11.1 Å². The van der Waals surface area contributed by atoms with Gasteiger partial charge in [0, 0.05) is 19.4 Å². The SMILES string of the molecule is CNC(CCc1ccccc1C)c1nccn1C. The highest BCUT2D eigenvalue weighted by Crippen LogP contribution is 2.18. The molecule has 18 heavy (non-hydrogen) atoms. The van der Waals surface area contributed by atoms with Crippen LogP contribution in [-0.2, 0) is 13.5 Å². The number of aryl methyl sites for hydroxylation is 3. The van der Waals surface area contributed by atoms with Gasteiger partial charge in [-0.1, -0.05) is 24.3 Å². The Labute approximate surface area is 109 Å². The van der Waals surface area contributed by atoms with Crippen molar-refractivity contribution in [2.45, 2.75) is 25.8 Å². The summed E-state index contributed by atoms with van der Waals surface area (Å²) in [6.07, 6.45) is 5.98. The highest BCUT2D eigenvalue weighted by molar-refractivity contribution is 5.25. The first kappa shape index (κ1) is 12.8. The summed E-state index contributed by atoms with van der Waals surface area (Å²) < 4.78 is 2.08. The maximum Gasteiger partial charge on any atom is 0.125 e. The molecule has 0 spiro atoms. The first-order valence-electron chi connectivity index (χ1n) is 6.41. The van der Waals surface area contributed by atoms with Crippen LogP contribution in [0.25, 0.3) is 0 Å². The van der Waals surface area contributed by atoms with Gasteiger partial charge in [0.15, 0.2) is 0 Å². The Morgan fingerprint density at radius 1 is 1.33 bits per heavy atom. The van der Waals surface area contributed by atoms with Gasteiger partial charge < -0.3 is 9.88 Å². The number of imidazole rings is 1. The van der Waals surface area contributed by atoms with E-state index in [-0.39, 0.29) is 0 Å². The van der Waals surface area contributed by atoms with Crippen LogP contribution in [0.3, 0.4) is 0 Å². The predicted octanol–water partition coefficient (Wildman–Crippen LogP) is 2.62. The van der Waals surface area contributed by atoms with E-state index in [4.69, 9.17) is 0 Å². The van der Waals surface area contributed by atoms with E-state index < -0.39 is 0 Å². The number of rotatable bonds is 5. The number of aromatic nitrogens is 2. The average molecular weight is 243 g/mol. The van der Waals surface area contributed by atoms with Crippen molar-refractivity contribution >= 4 is 0 Å². The number of benzene rings is 1. The zero-order valence-corrected chi connectivity index (χ0v) is 11.4. The highest BCUT2D eigenvalue weighted by atomic mass is 15.1. The van der Waals surface area contributed by atoms with Crippen molar-refractivity contribution in [1.82, 2.24) is 14.9 Å². The minimum atomic E-state index is 0.310. The lowest BCUT2D eigenvalue weighted by Gasteiger charge is -2.16. The molecule has 2 aromatic rings. The molecule has 0 bridgehead atoms. The largest absolute Gasteiger partial charge is 0.337 e. The van der Waals surface area contributed by atoms with Gasteiger partial charge in [-0.25, -0.2) is 4.98 Å². The Hall–Kier alpha value is -1.61. The zero-order chi connectivity index (χ0) is 13.0. The smallest absolute Gasteiger partial charge is 0.125 e. The third-order valence-corrected chi connectivity index (χ3v) is 3.48. The van der Waals surface area contributed by atoms with E-state index in [2.05, 4.69) is 46.1 Å². The van der Waals surface area contributed by atoms with Crippen molar-refractivity contribution in [2.24, 2.45) is 7.05 Å². The van der Waals surface area contributed by atoms with Gasteiger partial charge in [0.05, 0.1) is 6.04 Å². The molecule has 0 saturated heterocycles. The second-order valence-electron chi connectivity index (χ2n) is 4.70. The van der Waals surface area contributed by atoms with Crippen molar-refractivity contribution in [3.63, 3.8) is 0 Å². The monoisotopic (exact) mass is 243 g/mol. The van der Waals surface area contributed by atoms with Crippen LogP contribution in [0, 0.1) is 6.92 Å². The summed E-state index contributed by atoms with van der Waals surface area (Å²) in [6.45, 7) is 2.17. The summed E-state index contributed by atoms with van der Waals surface area (Å²) in [5.41, 5.74) is 2.79. The molecule has 1 atom stereocenters. The maximum absolute atomic E-state index is 4.42. The molecule has 0 saturated carbocycles. The minimum Gasteiger partial charge on any atom is -0.337 e. The average Bonchev–Trinajstić information content (AvgIpc) is 2.79. The van der Waals surface area contributed by atoms with Gasteiger partial charge in [-0.05, 0) is 37.9 Å². The van der Waals surface area contributed by atoms with Crippen LogP contribution in [-0.4, -0.2) is 16.6 Å². The van der Waals surface area contributed by atoms with E-state index >= 15 is 0 Å². The molecule has 0 amide bonds. The molecule has 1 heterocycles. The lowest BCUT2D eigenvalue weighted by atomic mass is 10.0. The van der Waals surface area contributed by atoms with Crippen molar-refractivity contribution < 1.29 is 0 Å². The third-order valence-electron chi connectivity index (χ3n) is 3.48. The third kappa shape index (κ3) is 2.79. The Morgan fingerprint density at radius 2 is 2.11 bits per heavy atom.